The summed E-state index contributed by atoms with van der Waals surface area (Å²) in [5.74, 6) is 0.0606. The molecule has 8 nitrogen and oxygen atoms in total. The quantitative estimate of drug-likeness (QED) is 0.681. The Kier molecular flexibility index (Phi) is 6.32. The number of Topliss-reactive ketones (excluding diaryl/α,β-unsaturated/α-hetero) is 1. The molecule has 2 fully saturated rings. The third kappa shape index (κ3) is 4.61. The van der Waals surface area contributed by atoms with Crippen LogP contribution in [0.5, 0.6) is 0 Å². The van der Waals surface area contributed by atoms with Crippen LogP contribution in [-0.4, -0.2) is 62.3 Å². The molecule has 0 bridgehead atoms. The Morgan fingerprint density at radius 3 is 2.45 bits per heavy atom. The zero-order valence-electron chi connectivity index (χ0n) is 17.9. The van der Waals surface area contributed by atoms with Gasteiger partial charge in [-0.15, -0.1) is 0 Å². The van der Waals surface area contributed by atoms with Crippen LogP contribution in [0.4, 0.5) is 0 Å². The zero-order valence-corrected chi connectivity index (χ0v) is 18.7. The lowest BCUT2D eigenvalue weighted by Gasteiger charge is -2.37. The summed E-state index contributed by atoms with van der Waals surface area (Å²) in [7, 11) is -3.75. The van der Waals surface area contributed by atoms with E-state index in [1.165, 1.54) is 12.1 Å². The van der Waals surface area contributed by atoms with Crippen LogP contribution in [0.15, 0.2) is 35.2 Å². The fourth-order valence-electron chi connectivity index (χ4n) is 4.62. The van der Waals surface area contributed by atoms with Crippen LogP contribution in [0, 0.1) is 13.8 Å². The summed E-state index contributed by atoms with van der Waals surface area (Å²) >= 11 is 0. The third-order valence-electron chi connectivity index (χ3n) is 6.13. The van der Waals surface area contributed by atoms with E-state index < -0.39 is 10.0 Å². The van der Waals surface area contributed by atoms with E-state index in [2.05, 4.69) is 4.90 Å². The number of ether oxygens (including phenoxy) is 2. The van der Waals surface area contributed by atoms with Gasteiger partial charge in [-0.1, -0.05) is 6.42 Å². The minimum Gasteiger partial charge on any atom is -0.349 e. The maximum atomic E-state index is 13.2. The number of likely N-dealkylation sites (tertiary alicyclic amines) is 1. The zero-order chi connectivity index (χ0) is 22.2. The number of rotatable bonds is 6. The van der Waals surface area contributed by atoms with E-state index in [-0.39, 0.29) is 23.0 Å². The molecule has 1 aromatic carbocycles. The summed E-state index contributed by atoms with van der Waals surface area (Å²) in [5, 5.41) is 5.19. The van der Waals surface area contributed by atoms with Crippen LogP contribution in [0.3, 0.4) is 0 Å². The van der Waals surface area contributed by atoms with Crippen molar-refractivity contribution < 1.29 is 22.7 Å². The van der Waals surface area contributed by atoms with E-state index in [9.17, 15) is 13.2 Å². The summed E-state index contributed by atoms with van der Waals surface area (Å²) in [4.78, 5) is 15.5. The molecule has 0 spiro atoms. The lowest BCUT2D eigenvalue weighted by molar-refractivity contribution is -0.107. The summed E-state index contributed by atoms with van der Waals surface area (Å²) < 4.78 is 36.4. The van der Waals surface area contributed by atoms with E-state index in [0.717, 1.165) is 42.9 Å². The second-order valence-corrected chi connectivity index (χ2v) is 9.79. The van der Waals surface area contributed by atoms with Crippen LogP contribution in [0.2, 0.25) is 0 Å². The second-order valence-electron chi connectivity index (χ2n) is 8.23. The number of nitrogens with two attached hydrogens (primary N) is 1. The van der Waals surface area contributed by atoms with E-state index in [1.807, 2.05) is 24.5 Å². The molecule has 2 N–H and O–H groups in total. The molecule has 2 aliphatic heterocycles. The van der Waals surface area contributed by atoms with Gasteiger partial charge in [0, 0.05) is 22.6 Å². The Balaban J connectivity index is 1.55. The van der Waals surface area contributed by atoms with Crippen LogP contribution in [0.25, 0.3) is 5.69 Å². The summed E-state index contributed by atoms with van der Waals surface area (Å²) in [6.45, 7) is 6.23. The van der Waals surface area contributed by atoms with E-state index >= 15 is 0 Å². The van der Waals surface area contributed by atoms with Crippen molar-refractivity contribution in [2.45, 2.75) is 50.3 Å². The number of piperidine rings is 1. The molecule has 3 heterocycles. The van der Waals surface area contributed by atoms with Crippen molar-refractivity contribution in [3.8, 4) is 5.69 Å². The molecule has 0 aliphatic carbocycles. The number of aromatic nitrogens is 1. The van der Waals surface area contributed by atoms with Gasteiger partial charge in [-0.25, -0.2) is 13.6 Å². The highest BCUT2D eigenvalue weighted by molar-refractivity contribution is 7.89. The highest BCUT2D eigenvalue weighted by atomic mass is 32.2. The van der Waals surface area contributed by atoms with Gasteiger partial charge < -0.3 is 14.0 Å². The fraction of sp³-hybridized carbons (Fsp3) is 0.500. The van der Waals surface area contributed by atoms with Gasteiger partial charge in [-0.2, -0.15) is 0 Å². The smallest absolute Gasteiger partial charge is 0.238 e. The largest absolute Gasteiger partial charge is 0.349 e. The Hall–Kier alpha value is -2.04. The molecule has 4 rings (SSSR count). The van der Waals surface area contributed by atoms with Gasteiger partial charge in [0.15, 0.2) is 12.1 Å². The van der Waals surface area contributed by atoms with Crippen molar-refractivity contribution >= 4 is 15.8 Å². The number of carbonyl (C=O) groups is 1. The summed E-state index contributed by atoms with van der Waals surface area (Å²) in [6.07, 6.45) is 2.89. The topological polar surface area (TPSA) is 104 Å². The number of benzene rings is 1. The van der Waals surface area contributed by atoms with Crippen LogP contribution in [-0.2, 0) is 19.5 Å². The van der Waals surface area contributed by atoms with Crippen molar-refractivity contribution in [2.75, 3.05) is 26.3 Å². The Bertz CT molecular complexity index is 1060. The standard InChI is InChI=1S/C22H29N3O5S/c1-15-13-19(16(2)25(15)17-6-8-18(9-7-17)31(23,27)28)21(26)14-24-10-4-3-5-20(24)22-29-11-12-30-22/h6-9,13,20,22H,3-5,10-12,14H2,1-2H3,(H2,23,27,28). The Morgan fingerprint density at radius 1 is 1.13 bits per heavy atom. The predicted molar refractivity (Wildman–Crippen MR) is 116 cm³/mol. The monoisotopic (exact) mass is 447 g/mol. The first-order valence-corrected chi connectivity index (χ1v) is 12.1. The maximum Gasteiger partial charge on any atom is 0.238 e. The third-order valence-corrected chi connectivity index (χ3v) is 7.06. The Morgan fingerprint density at radius 2 is 1.81 bits per heavy atom. The van der Waals surface area contributed by atoms with Gasteiger partial charge in [0.25, 0.3) is 0 Å². The minimum atomic E-state index is -3.75. The summed E-state index contributed by atoms with van der Waals surface area (Å²) in [6, 6.07) is 8.35. The lowest BCUT2D eigenvalue weighted by atomic mass is 10.00. The number of sulfonamides is 1. The van der Waals surface area contributed by atoms with Crippen LogP contribution < -0.4 is 5.14 Å². The average molecular weight is 448 g/mol. The molecule has 0 amide bonds. The molecule has 0 radical (unpaired) electrons. The number of ketones is 1. The molecule has 168 valence electrons. The second kappa shape index (κ2) is 8.84. The van der Waals surface area contributed by atoms with Gasteiger partial charge in [-0.05, 0) is 63.6 Å². The Labute approximate surface area is 183 Å². The molecule has 1 aromatic heterocycles. The first-order valence-electron chi connectivity index (χ1n) is 10.6. The van der Waals surface area contributed by atoms with Crippen molar-refractivity contribution in [3.63, 3.8) is 0 Å². The molecule has 2 aromatic rings. The molecule has 2 aliphatic rings. The first-order chi connectivity index (χ1) is 14.8. The highest BCUT2D eigenvalue weighted by Crippen LogP contribution is 2.26. The molecular weight excluding hydrogens is 418 g/mol. The van der Waals surface area contributed by atoms with Gasteiger partial charge in [0.05, 0.1) is 30.7 Å². The van der Waals surface area contributed by atoms with Crippen LogP contribution in [0.1, 0.15) is 41.0 Å². The van der Waals surface area contributed by atoms with Gasteiger partial charge in [-0.3, -0.25) is 9.69 Å². The molecule has 1 unspecified atom stereocenters. The molecule has 1 atom stereocenters. The number of aryl methyl sites for hydroxylation is 1. The maximum absolute atomic E-state index is 13.2. The molecule has 9 heteroatoms. The van der Waals surface area contributed by atoms with Gasteiger partial charge in [0.2, 0.25) is 10.0 Å². The van der Waals surface area contributed by atoms with Gasteiger partial charge in [0.1, 0.15) is 0 Å². The minimum absolute atomic E-state index is 0.0579. The molecule has 31 heavy (non-hydrogen) atoms. The fourth-order valence-corrected chi connectivity index (χ4v) is 5.13. The van der Waals surface area contributed by atoms with E-state index in [0.29, 0.717) is 25.3 Å². The predicted octanol–water partition coefficient (Wildman–Crippen LogP) is 2.15. The highest BCUT2D eigenvalue weighted by Gasteiger charge is 2.35. The SMILES string of the molecule is Cc1cc(C(=O)CN2CCCCC2C2OCCO2)c(C)n1-c1ccc(S(N)(=O)=O)cc1. The number of hydrogen-bond acceptors (Lipinski definition) is 6. The summed E-state index contributed by atoms with van der Waals surface area (Å²) in [5.41, 5.74) is 3.19. The normalized spacial score (nSPS) is 20.9. The molecule has 0 saturated carbocycles. The number of hydrogen-bond donors (Lipinski definition) is 1. The number of nitrogens with zero attached hydrogens (tertiary/aromatic N) is 2. The van der Waals surface area contributed by atoms with E-state index in [4.69, 9.17) is 14.6 Å². The van der Waals surface area contributed by atoms with Crippen molar-refractivity contribution in [3.05, 3.63) is 47.3 Å². The van der Waals surface area contributed by atoms with Crippen LogP contribution >= 0.6 is 0 Å². The van der Waals surface area contributed by atoms with Gasteiger partial charge >= 0.3 is 0 Å². The first kappa shape index (κ1) is 22.2. The number of carbonyl (C=O) groups excluding carboxylic acids is 1. The van der Waals surface area contributed by atoms with Crippen molar-refractivity contribution in [1.29, 1.82) is 0 Å². The number of primary sulfonamides is 1. The van der Waals surface area contributed by atoms with E-state index in [1.54, 1.807) is 12.1 Å². The van der Waals surface area contributed by atoms with Crippen molar-refractivity contribution in [1.82, 2.24) is 9.47 Å². The lowest BCUT2D eigenvalue weighted by Crippen LogP contribution is -2.49. The average Bonchev–Trinajstić information content (AvgIpc) is 3.36. The van der Waals surface area contributed by atoms with Crippen molar-refractivity contribution in [2.24, 2.45) is 5.14 Å². The molecular formula is C22H29N3O5S. The molecule has 2 saturated heterocycles.